The average Bonchev–Trinajstić information content (AvgIpc) is 2.43. The topological polar surface area (TPSA) is 64.6 Å². The van der Waals surface area contributed by atoms with Crippen LogP contribution >= 0.6 is 0 Å². The molecular formula is C13H14F3NO4. The standard InChI is InChI=1S/C13H14F3NO4/c1-8(21-7-13(14,15)16)11(18)17-10-5-3-9(4-6-10)12(19)20-2/h3-6,8H,7H2,1-2H3,(H,17,18). The van der Waals surface area contributed by atoms with Crippen molar-refractivity contribution in [3.63, 3.8) is 0 Å². The molecule has 1 aromatic rings. The van der Waals surface area contributed by atoms with Gasteiger partial charge in [-0.2, -0.15) is 13.2 Å². The van der Waals surface area contributed by atoms with Gasteiger partial charge in [-0.05, 0) is 31.2 Å². The van der Waals surface area contributed by atoms with Crippen molar-refractivity contribution in [1.82, 2.24) is 0 Å². The highest BCUT2D eigenvalue weighted by molar-refractivity contribution is 5.95. The number of hydrogen-bond donors (Lipinski definition) is 1. The number of amides is 1. The van der Waals surface area contributed by atoms with E-state index in [1.165, 1.54) is 38.3 Å². The Balaban J connectivity index is 2.56. The number of methoxy groups -OCH3 is 1. The minimum Gasteiger partial charge on any atom is -0.465 e. The Hall–Kier alpha value is -2.09. The lowest BCUT2D eigenvalue weighted by atomic mass is 10.2. The molecule has 1 N–H and O–H groups in total. The fourth-order valence-electron chi connectivity index (χ4n) is 1.35. The Bertz CT molecular complexity index is 499. The maximum absolute atomic E-state index is 12.0. The van der Waals surface area contributed by atoms with E-state index in [9.17, 15) is 22.8 Å². The summed E-state index contributed by atoms with van der Waals surface area (Å²) in [7, 11) is 1.23. The summed E-state index contributed by atoms with van der Waals surface area (Å²) in [6.07, 6.45) is -5.75. The number of ether oxygens (including phenoxy) is 2. The lowest BCUT2D eigenvalue weighted by Crippen LogP contribution is -2.31. The number of anilines is 1. The van der Waals surface area contributed by atoms with E-state index >= 15 is 0 Å². The second-order valence-corrected chi connectivity index (χ2v) is 4.13. The predicted octanol–water partition coefficient (Wildman–Crippen LogP) is 2.38. The van der Waals surface area contributed by atoms with Gasteiger partial charge in [0.1, 0.15) is 12.7 Å². The van der Waals surface area contributed by atoms with E-state index in [-0.39, 0.29) is 5.56 Å². The van der Waals surface area contributed by atoms with Crippen molar-refractivity contribution in [2.75, 3.05) is 19.0 Å². The number of carbonyl (C=O) groups is 2. The van der Waals surface area contributed by atoms with E-state index in [0.29, 0.717) is 5.69 Å². The number of rotatable bonds is 5. The third-order valence-corrected chi connectivity index (χ3v) is 2.44. The number of esters is 1. The van der Waals surface area contributed by atoms with E-state index in [0.717, 1.165) is 0 Å². The van der Waals surface area contributed by atoms with Crippen LogP contribution in [0.15, 0.2) is 24.3 Å². The Kier molecular flexibility index (Phi) is 5.71. The SMILES string of the molecule is COC(=O)c1ccc(NC(=O)C(C)OCC(F)(F)F)cc1. The van der Waals surface area contributed by atoms with Gasteiger partial charge >= 0.3 is 12.1 Å². The van der Waals surface area contributed by atoms with Gasteiger partial charge in [0.05, 0.1) is 12.7 Å². The predicted molar refractivity (Wildman–Crippen MR) is 67.9 cm³/mol. The van der Waals surface area contributed by atoms with Gasteiger partial charge in [0.25, 0.3) is 5.91 Å². The number of alkyl halides is 3. The average molecular weight is 305 g/mol. The molecule has 0 fully saturated rings. The van der Waals surface area contributed by atoms with Gasteiger partial charge in [-0.3, -0.25) is 4.79 Å². The molecule has 0 bridgehead atoms. The van der Waals surface area contributed by atoms with Crippen LogP contribution in [0.25, 0.3) is 0 Å². The molecule has 0 saturated heterocycles. The van der Waals surface area contributed by atoms with Crippen LogP contribution in [0, 0.1) is 0 Å². The van der Waals surface area contributed by atoms with Crippen molar-refractivity contribution in [3.8, 4) is 0 Å². The maximum Gasteiger partial charge on any atom is 0.411 e. The van der Waals surface area contributed by atoms with E-state index in [2.05, 4.69) is 14.8 Å². The highest BCUT2D eigenvalue weighted by atomic mass is 19.4. The third kappa shape index (κ3) is 5.82. The first-order valence-electron chi connectivity index (χ1n) is 5.90. The quantitative estimate of drug-likeness (QED) is 0.848. The van der Waals surface area contributed by atoms with E-state index in [4.69, 9.17) is 0 Å². The minimum absolute atomic E-state index is 0.289. The molecule has 1 atom stereocenters. The Morgan fingerprint density at radius 2 is 1.81 bits per heavy atom. The van der Waals surface area contributed by atoms with Gasteiger partial charge in [-0.25, -0.2) is 4.79 Å². The summed E-state index contributed by atoms with van der Waals surface area (Å²) in [4.78, 5) is 22.8. The van der Waals surface area contributed by atoms with Gasteiger partial charge in [0, 0.05) is 5.69 Å². The zero-order valence-electron chi connectivity index (χ0n) is 11.4. The van der Waals surface area contributed by atoms with E-state index < -0.39 is 30.8 Å². The summed E-state index contributed by atoms with van der Waals surface area (Å²) in [5.41, 5.74) is 0.618. The van der Waals surface area contributed by atoms with Crippen LogP contribution in [0.2, 0.25) is 0 Å². The van der Waals surface area contributed by atoms with Crippen molar-refractivity contribution in [1.29, 1.82) is 0 Å². The Morgan fingerprint density at radius 1 is 1.24 bits per heavy atom. The number of carbonyl (C=O) groups excluding carboxylic acids is 2. The second-order valence-electron chi connectivity index (χ2n) is 4.13. The third-order valence-electron chi connectivity index (χ3n) is 2.44. The summed E-state index contributed by atoms with van der Waals surface area (Å²) in [5.74, 6) is -1.25. The van der Waals surface area contributed by atoms with Crippen molar-refractivity contribution in [2.45, 2.75) is 19.2 Å². The largest absolute Gasteiger partial charge is 0.465 e. The zero-order valence-corrected chi connectivity index (χ0v) is 11.4. The molecule has 116 valence electrons. The molecule has 0 spiro atoms. The van der Waals surface area contributed by atoms with Crippen LogP contribution in [-0.2, 0) is 14.3 Å². The molecule has 1 aromatic carbocycles. The van der Waals surface area contributed by atoms with E-state index in [1.54, 1.807) is 0 Å². The van der Waals surface area contributed by atoms with Crippen molar-refractivity contribution in [2.24, 2.45) is 0 Å². The van der Waals surface area contributed by atoms with Crippen LogP contribution in [-0.4, -0.2) is 37.9 Å². The molecule has 21 heavy (non-hydrogen) atoms. The smallest absolute Gasteiger partial charge is 0.411 e. The van der Waals surface area contributed by atoms with Crippen molar-refractivity contribution in [3.05, 3.63) is 29.8 Å². The molecule has 0 saturated carbocycles. The second kappa shape index (κ2) is 7.07. The van der Waals surface area contributed by atoms with Crippen molar-refractivity contribution < 1.29 is 32.2 Å². The fraction of sp³-hybridized carbons (Fsp3) is 0.385. The molecule has 8 heteroatoms. The number of hydrogen-bond acceptors (Lipinski definition) is 4. The highest BCUT2D eigenvalue weighted by Gasteiger charge is 2.29. The van der Waals surface area contributed by atoms with Gasteiger partial charge in [0.2, 0.25) is 0 Å². The van der Waals surface area contributed by atoms with Crippen LogP contribution < -0.4 is 5.32 Å². The summed E-state index contributed by atoms with van der Waals surface area (Å²) in [6, 6.07) is 5.70. The molecule has 1 amide bonds. The first-order valence-corrected chi connectivity index (χ1v) is 5.90. The Labute approximate surface area is 119 Å². The Morgan fingerprint density at radius 3 is 2.29 bits per heavy atom. The molecule has 1 unspecified atom stereocenters. The van der Waals surface area contributed by atoms with Gasteiger partial charge in [0.15, 0.2) is 0 Å². The number of nitrogens with one attached hydrogen (secondary N) is 1. The molecule has 0 radical (unpaired) electrons. The maximum atomic E-state index is 12.0. The van der Waals surface area contributed by atoms with Crippen molar-refractivity contribution >= 4 is 17.6 Å². The summed E-state index contributed by atoms with van der Waals surface area (Å²) in [5, 5.41) is 2.38. The number of benzene rings is 1. The molecule has 0 aromatic heterocycles. The van der Waals surface area contributed by atoms with Gasteiger partial charge in [-0.15, -0.1) is 0 Å². The lowest BCUT2D eigenvalue weighted by Gasteiger charge is -2.14. The van der Waals surface area contributed by atoms with E-state index in [1.807, 2.05) is 0 Å². The van der Waals surface area contributed by atoms with Crippen LogP contribution in [0.3, 0.4) is 0 Å². The van der Waals surface area contributed by atoms with Crippen LogP contribution in [0.4, 0.5) is 18.9 Å². The molecule has 5 nitrogen and oxygen atoms in total. The molecule has 0 heterocycles. The minimum atomic E-state index is -4.49. The fourth-order valence-corrected chi connectivity index (χ4v) is 1.35. The van der Waals surface area contributed by atoms with Crippen LogP contribution in [0.1, 0.15) is 17.3 Å². The lowest BCUT2D eigenvalue weighted by molar-refractivity contribution is -0.184. The summed E-state index contributed by atoms with van der Waals surface area (Å²) >= 11 is 0. The highest BCUT2D eigenvalue weighted by Crippen LogP contribution is 2.16. The summed E-state index contributed by atoms with van der Waals surface area (Å²) in [6.45, 7) is -0.285. The molecule has 0 aliphatic rings. The van der Waals surface area contributed by atoms with Gasteiger partial charge < -0.3 is 14.8 Å². The molecule has 0 aliphatic heterocycles. The van der Waals surface area contributed by atoms with Crippen LogP contribution in [0.5, 0.6) is 0 Å². The monoisotopic (exact) mass is 305 g/mol. The zero-order chi connectivity index (χ0) is 16.0. The summed E-state index contributed by atoms with van der Waals surface area (Å²) < 4.78 is 44.8. The molecular weight excluding hydrogens is 291 g/mol. The number of halogens is 3. The molecule has 1 rings (SSSR count). The molecule has 0 aliphatic carbocycles. The first kappa shape index (κ1) is 17.0. The first-order chi connectivity index (χ1) is 9.73. The van der Waals surface area contributed by atoms with Gasteiger partial charge in [-0.1, -0.05) is 0 Å². The normalized spacial score (nSPS) is 12.6.